The molecule has 7 nitrogen and oxygen atoms in total. The Balaban J connectivity index is 1.99. The smallest absolute Gasteiger partial charge is 0.350 e. The highest BCUT2D eigenvalue weighted by atomic mass is 32.2. The molecule has 2 saturated carbocycles. The lowest BCUT2D eigenvalue weighted by Crippen LogP contribution is -2.47. The maximum absolute atomic E-state index is 14.2. The van der Waals surface area contributed by atoms with Crippen LogP contribution in [0.1, 0.15) is 125 Å². The summed E-state index contributed by atoms with van der Waals surface area (Å²) < 4.78 is 33.9. The predicted octanol–water partition coefficient (Wildman–Crippen LogP) is 7.30. The molecule has 222 valence electrons. The van der Waals surface area contributed by atoms with E-state index < -0.39 is 16.1 Å². The van der Waals surface area contributed by atoms with E-state index in [-0.39, 0.29) is 24.0 Å². The molecule has 1 aromatic heterocycles. The third-order valence-electron chi connectivity index (χ3n) is 8.42. The molecule has 3 rings (SSSR count). The number of amides is 1. The van der Waals surface area contributed by atoms with Gasteiger partial charge in [0.05, 0.1) is 25.2 Å². The summed E-state index contributed by atoms with van der Waals surface area (Å²) in [6, 6.07) is 1.99. The Morgan fingerprint density at radius 3 is 2.21 bits per heavy atom. The molecule has 0 spiro atoms. The molecular weight excluding hydrogens is 534 g/mol. The van der Waals surface area contributed by atoms with Crippen LogP contribution in [0.15, 0.2) is 6.07 Å². The predicted molar refractivity (Wildman–Crippen MR) is 158 cm³/mol. The van der Waals surface area contributed by atoms with Gasteiger partial charge in [-0.25, -0.2) is 4.79 Å². The molecule has 0 bridgehead atoms. The van der Waals surface area contributed by atoms with Crippen molar-refractivity contribution in [2.75, 3.05) is 18.3 Å². The van der Waals surface area contributed by atoms with Crippen LogP contribution in [0.3, 0.4) is 0 Å². The minimum absolute atomic E-state index is 0.0626. The molecule has 1 aromatic rings. The van der Waals surface area contributed by atoms with E-state index in [4.69, 9.17) is 8.92 Å². The summed E-state index contributed by atoms with van der Waals surface area (Å²) >= 11 is 1.48. The number of carbonyl (C=O) groups is 2. The lowest BCUT2D eigenvalue weighted by atomic mass is 9.81. The minimum atomic E-state index is -3.54. The lowest BCUT2D eigenvalue weighted by molar-refractivity contribution is -0.124. The number of thiophene rings is 1. The van der Waals surface area contributed by atoms with Gasteiger partial charge in [0, 0.05) is 16.8 Å². The van der Waals surface area contributed by atoms with Crippen LogP contribution in [0.2, 0.25) is 0 Å². The van der Waals surface area contributed by atoms with Crippen molar-refractivity contribution in [2.45, 2.75) is 123 Å². The topological polar surface area (TPSA) is 90.0 Å². The van der Waals surface area contributed by atoms with E-state index in [0.29, 0.717) is 54.0 Å². The van der Waals surface area contributed by atoms with Crippen LogP contribution in [-0.2, 0) is 23.8 Å². The van der Waals surface area contributed by atoms with E-state index in [9.17, 15) is 18.0 Å². The van der Waals surface area contributed by atoms with Crippen molar-refractivity contribution in [3.8, 4) is 0 Å². The Kier molecular flexibility index (Phi) is 11.9. The van der Waals surface area contributed by atoms with Crippen molar-refractivity contribution in [1.82, 2.24) is 0 Å². The quantitative estimate of drug-likeness (QED) is 0.189. The molecule has 2 aliphatic carbocycles. The Bertz CT molecular complexity index is 1050. The van der Waals surface area contributed by atoms with Crippen molar-refractivity contribution in [2.24, 2.45) is 17.8 Å². The second-order valence-corrected chi connectivity index (χ2v) is 14.9. The molecule has 0 saturated heterocycles. The minimum Gasteiger partial charge on any atom is -0.465 e. The first-order valence-electron chi connectivity index (χ1n) is 14.9. The van der Waals surface area contributed by atoms with Gasteiger partial charge in [-0.2, -0.15) is 8.42 Å². The lowest BCUT2D eigenvalue weighted by Gasteiger charge is -2.39. The van der Waals surface area contributed by atoms with Crippen molar-refractivity contribution in [1.29, 1.82) is 0 Å². The Labute approximate surface area is 240 Å². The van der Waals surface area contributed by atoms with Crippen LogP contribution in [0.25, 0.3) is 0 Å². The number of nitrogens with zero attached hydrogens (tertiary/aromatic N) is 1. The summed E-state index contributed by atoms with van der Waals surface area (Å²) in [5.41, 5.74) is 0.684. The van der Waals surface area contributed by atoms with Gasteiger partial charge in [-0.1, -0.05) is 40.5 Å². The van der Waals surface area contributed by atoms with Crippen LogP contribution in [-0.4, -0.2) is 45.8 Å². The summed E-state index contributed by atoms with van der Waals surface area (Å²) in [6.45, 7) is 8.90. The molecule has 1 heterocycles. The monoisotopic (exact) mass is 583 g/mol. The highest BCUT2D eigenvalue weighted by Gasteiger charge is 2.38. The largest absolute Gasteiger partial charge is 0.465 e. The van der Waals surface area contributed by atoms with Gasteiger partial charge < -0.3 is 9.64 Å². The first-order chi connectivity index (χ1) is 18.4. The zero-order valence-electron chi connectivity index (χ0n) is 24.7. The van der Waals surface area contributed by atoms with Crippen LogP contribution in [0, 0.1) is 17.8 Å². The zero-order valence-corrected chi connectivity index (χ0v) is 26.4. The van der Waals surface area contributed by atoms with Crippen LogP contribution in [0.4, 0.5) is 5.69 Å². The molecule has 0 radical (unpaired) electrons. The number of carbonyl (C=O) groups excluding carboxylic acids is 2. The normalized spacial score (nSPS) is 24.9. The van der Waals surface area contributed by atoms with Crippen molar-refractivity contribution in [3.63, 3.8) is 0 Å². The molecule has 0 N–H and O–H groups in total. The van der Waals surface area contributed by atoms with Gasteiger partial charge in [0.15, 0.2) is 0 Å². The summed E-state index contributed by atoms with van der Waals surface area (Å²) in [6.07, 6.45) is 11.1. The molecule has 0 aliphatic heterocycles. The van der Waals surface area contributed by atoms with E-state index >= 15 is 0 Å². The summed E-state index contributed by atoms with van der Waals surface area (Å²) in [5, 5.41) is 0. The Morgan fingerprint density at radius 2 is 1.67 bits per heavy atom. The third kappa shape index (κ3) is 9.02. The summed E-state index contributed by atoms with van der Waals surface area (Å²) in [7, 11) is -2.14. The molecule has 2 fully saturated rings. The molecule has 2 aliphatic rings. The molecule has 39 heavy (non-hydrogen) atoms. The van der Waals surface area contributed by atoms with E-state index in [0.717, 1.165) is 62.5 Å². The van der Waals surface area contributed by atoms with Gasteiger partial charge in [-0.3, -0.25) is 8.98 Å². The second-order valence-electron chi connectivity index (χ2n) is 12.2. The average Bonchev–Trinajstić information content (AvgIpc) is 3.31. The fraction of sp³-hybridized carbons (Fsp3) is 0.800. The first kappa shape index (κ1) is 32.1. The van der Waals surface area contributed by atoms with Gasteiger partial charge in [-0.05, 0) is 88.0 Å². The Morgan fingerprint density at radius 1 is 1.03 bits per heavy atom. The third-order valence-corrected chi connectivity index (χ3v) is 10.3. The fourth-order valence-electron chi connectivity index (χ4n) is 6.18. The zero-order chi connectivity index (χ0) is 28.7. The summed E-state index contributed by atoms with van der Waals surface area (Å²) in [5.74, 6) is 1.20. The molecule has 1 amide bonds. The first-order valence-corrected chi connectivity index (χ1v) is 17.5. The van der Waals surface area contributed by atoms with E-state index in [1.165, 1.54) is 18.4 Å². The molecular formula is C30H49NO6S2. The van der Waals surface area contributed by atoms with E-state index in [1.807, 2.05) is 4.90 Å². The van der Waals surface area contributed by atoms with E-state index in [2.05, 4.69) is 33.8 Å². The second kappa shape index (κ2) is 14.4. The van der Waals surface area contributed by atoms with Gasteiger partial charge in [0.1, 0.15) is 4.88 Å². The van der Waals surface area contributed by atoms with Gasteiger partial charge in [0.25, 0.3) is 10.1 Å². The van der Waals surface area contributed by atoms with Crippen LogP contribution < -0.4 is 4.90 Å². The Hall–Kier alpha value is -1.45. The van der Waals surface area contributed by atoms with Gasteiger partial charge in [0.2, 0.25) is 5.91 Å². The molecule has 9 heteroatoms. The molecule has 1 atom stereocenters. The number of hydrogen-bond donors (Lipinski definition) is 0. The van der Waals surface area contributed by atoms with Crippen LogP contribution in [0.5, 0.6) is 0 Å². The molecule has 1 unspecified atom stereocenters. The maximum atomic E-state index is 14.2. The fourth-order valence-corrected chi connectivity index (χ4v) is 8.10. The summed E-state index contributed by atoms with van der Waals surface area (Å²) in [4.78, 5) is 30.9. The number of anilines is 1. The average molecular weight is 584 g/mol. The van der Waals surface area contributed by atoms with Crippen molar-refractivity contribution >= 4 is 39.0 Å². The SMILES string of the molecule is CCCC(CCC(C)C)c1cc(N(C(=O)C2CCC(C)CC2)C2CCC(OS(C)(=O)=O)CC2)c(C(=O)OC)s1. The number of rotatable bonds is 12. The number of esters is 1. The number of hydrogen-bond acceptors (Lipinski definition) is 7. The highest BCUT2D eigenvalue weighted by molar-refractivity contribution is 7.86. The maximum Gasteiger partial charge on any atom is 0.350 e. The number of methoxy groups -OCH3 is 1. The standard InChI is InChI=1S/C30H49NO6S2/c1-7-8-22(12-9-20(2)3)27-19-26(28(38-27)30(33)36-5)31(29(32)23-13-10-21(4)11-14-23)24-15-17-25(18-16-24)37-39(6,34)35/h19-25H,7-18H2,1-6H3. The van der Waals surface area contributed by atoms with Crippen molar-refractivity contribution in [3.05, 3.63) is 15.8 Å². The number of ether oxygens (including phenoxy) is 1. The van der Waals surface area contributed by atoms with Gasteiger partial charge in [-0.15, -0.1) is 11.3 Å². The van der Waals surface area contributed by atoms with Crippen LogP contribution >= 0.6 is 11.3 Å². The van der Waals surface area contributed by atoms with Gasteiger partial charge >= 0.3 is 5.97 Å². The van der Waals surface area contributed by atoms with E-state index in [1.54, 1.807) is 0 Å². The highest BCUT2D eigenvalue weighted by Crippen LogP contribution is 2.43. The molecule has 0 aromatic carbocycles. The van der Waals surface area contributed by atoms with Crippen molar-refractivity contribution < 1.29 is 26.9 Å².